The number of carbonyl (C=O) groups excluding carboxylic acids is 1. The first-order valence-corrected chi connectivity index (χ1v) is 5.31. The van der Waals surface area contributed by atoms with E-state index in [0.29, 0.717) is 11.4 Å². The van der Waals surface area contributed by atoms with Crippen molar-refractivity contribution < 1.29 is 9.53 Å². The van der Waals surface area contributed by atoms with Crippen molar-refractivity contribution in [3.05, 3.63) is 34.4 Å². The highest BCUT2D eigenvalue weighted by Crippen LogP contribution is 2.19. The number of hydrogen-bond acceptors (Lipinski definition) is 3. The first-order chi connectivity index (χ1) is 7.62. The lowest BCUT2D eigenvalue weighted by atomic mass is 9.98. The van der Waals surface area contributed by atoms with Gasteiger partial charge in [0, 0.05) is 5.88 Å². The standard InChI is InChI=1S/C12H12ClNO2/c1-8-3-10(6-13)9(4-11(8)7-14)5-12(15)16-2/h3-4H,5-6H2,1-2H3. The summed E-state index contributed by atoms with van der Waals surface area (Å²) in [6.45, 7) is 1.84. The van der Waals surface area contributed by atoms with Gasteiger partial charge >= 0.3 is 5.97 Å². The molecule has 0 aliphatic rings. The molecule has 0 saturated heterocycles. The molecule has 0 heterocycles. The fourth-order valence-electron chi connectivity index (χ4n) is 1.45. The van der Waals surface area contributed by atoms with Crippen LogP contribution in [0.3, 0.4) is 0 Å². The summed E-state index contributed by atoms with van der Waals surface area (Å²) < 4.78 is 4.59. The number of benzene rings is 1. The second kappa shape index (κ2) is 5.53. The number of nitrogens with zero attached hydrogens (tertiary/aromatic N) is 1. The van der Waals surface area contributed by atoms with Crippen molar-refractivity contribution in [1.82, 2.24) is 0 Å². The Bertz CT molecular complexity index is 449. The van der Waals surface area contributed by atoms with Crippen molar-refractivity contribution >= 4 is 17.6 Å². The molecule has 0 amide bonds. The first kappa shape index (κ1) is 12.5. The minimum Gasteiger partial charge on any atom is -0.469 e. The van der Waals surface area contributed by atoms with E-state index in [1.165, 1.54) is 7.11 Å². The molecule has 0 aliphatic heterocycles. The molecule has 0 bridgehead atoms. The van der Waals surface area contributed by atoms with E-state index in [-0.39, 0.29) is 12.4 Å². The molecule has 1 aromatic rings. The summed E-state index contributed by atoms with van der Waals surface area (Å²) in [5, 5.41) is 8.90. The summed E-state index contributed by atoms with van der Waals surface area (Å²) in [7, 11) is 1.34. The Balaban J connectivity index is 3.15. The zero-order valence-electron chi connectivity index (χ0n) is 9.21. The van der Waals surface area contributed by atoms with Crippen LogP contribution in [-0.4, -0.2) is 13.1 Å². The number of rotatable bonds is 3. The Morgan fingerprint density at radius 3 is 2.69 bits per heavy atom. The topological polar surface area (TPSA) is 50.1 Å². The Kier molecular flexibility index (Phi) is 4.33. The van der Waals surface area contributed by atoms with Gasteiger partial charge in [0.25, 0.3) is 0 Å². The maximum Gasteiger partial charge on any atom is 0.309 e. The largest absolute Gasteiger partial charge is 0.469 e. The number of ether oxygens (including phenoxy) is 1. The highest BCUT2D eigenvalue weighted by molar-refractivity contribution is 6.17. The molecule has 0 saturated carbocycles. The zero-order valence-corrected chi connectivity index (χ0v) is 9.97. The Morgan fingerprint density at radius 2 is 2.19 bits per heavy atom. The second-order valence-electron chi connectivity index (χ2n) is 3.43. The van der Waals surface area contributed by atoms with Gasteiger partial charge < -0.3 is 4.74 Å². The van der Waals surface area contributed by atoms with Crippen LogP contribution < -0.4 is 0 Å². The number of aryl methyl sites for hydroxylation is 1. The minimum absolute atomic E-state index is 0.146. The molecule has 16 heavy (non-hydrogen) atoms. The number of halogens is 1. The predicted octanol–water partition coefficient (Wildman–Crippen LogP) is 2.32. The third-order valence-corrected chi connectivity index (χ3v) is 2.66. The van der Waals surface area contributed by atoms with E-state index in [1.54, 1.807) is 6.07 Å². The summed E-state index contributed by atoms with van der Waals surface area (Å²) >= 11 is 5.79. The van der Waals surface area contributed by atoms with Gasteiger partial charge in [-0.05, 0) is 29.7 Å². The van der Waals surface area contributed by atoms with E-state index in [1.807, 2.05) is 13.0 Å². The van der Waals surface area contributed by atoms with E-state index in [2.05, 4.69) is 10.8 Å². The van der Waals surface area contributed by atoms with Crippen LogP contribution in [0, 0.1) is 18.3 Å². The van der Waals surface area contributed by atoms with Gasteiger partial charge in [0.05, 0.1) is 25.2 Å². The van der Waals surface area contributed by atoms with Crippen LogP contribution in [0.5, 0.6) is 0 Å². The number of hydrogen-bond donors (Lipinski definition) is 0. The summed E-state index contributed by atoms with van der Waals surface area (Å²) in [6.07, 6.45) is 0.146. The van der Waals surface area contributed by atoms with Crippen molar-refractivity contribution in [3.8, 4) is 6.07 Å². The molecule has 0 N–H and O–H groups in total. The predicted molar refractivity (Wildman–Crippen MR) is 61.2 cm³/mol. The van der Waals surface area contributed by atoms with Crippen LogP contribution in [0.4, 0.5) is 0 Å². The van der Waals surface area contributed by atoms with Crippen LogP contribution in [0.25, 0.3) is 0 Å². The van der Waals surface area contributed by atoms with Gasteiger partial charge in [0.15, 0.2) is 0 Å². The van der Waals surface area contributed by atoms with Crippen molar-refractivity contribution in [3.63, 3.8) is 0 Å². The van der Waals surface area contributed by atoms with Crippen molar-refractivity contribution in [2.24, 2.45) is 0 Å². The first-order valence-electron chi connectivity index (χ1n) is 4.77. The van der Waals surface area contributed by atoms with Gasteiger partial charge in [0.2, 0.25) is 0 Å². The number of alkyl halides is 1. The molecule has 3 nitrogen and oxygen atoms in total. The second-order valence-corrected chi connectivity index (χ2v) is 3.70. The fourth-order valence-corrected chi connectivity index (χ4v) is 1.70. The lowest BCUT2D eigenvalue weighted by Crippen LogP contribution is -2.07. The Morgan fingerprint density at radius 1 is 1.50 bits per heavy atom. The number of methoxy groups -OCH3 is 1. The number of esters is 1. The van der Waals surface area contributed by atoms with Crippen LogP contribution in [-0.2, 0) is 21.8 Å². The average Bonchev–Trinajstić information content (AvgIpc) is 2.30. The van der Waals surface area contributed by atoms with E-state index >= 15 is 0 Å². The average molecular weight is 238 g/mol. The monoisotopic (exact) mass is 237 g/mol. The van der Waals surface area contributed by atoms with Crippen molar-refractivity contribution in [2.75, 3.05) is 7.11 Å². The SMILES string of the molecule is COC(=O)Cc1cc(C#N)c(C)cc1CCl. The minimum atomic E-state index is -0.334. The molecule has 0 fully saturated rings. The molecule has 0 spiro atoms. The summed E-state index contributed by atoms with van der Waals surface area (Å²) in [6, 6.07) is 5.62. The van der Waals surface area contributed by atoms with Crippen LogP contribution >= 0.6 is 11.6 Å². The molecule has 0 aliphatic carbocycles. The molecule has 0 radical (unpaired) electrons. The third kappa shape index (κ3) is 2.74. The quantitative estimate of drug-likeness (QED) is 0.599. The summed E-state index contributed by atoms with van der Waals surface area (Å²) in [4.78, 5) is 11.2. The molecule has 84 valence electrons. The van der Waals surface area contributed by atoms with Crippen molar-refractivity contribution in [2.45, 2.75) is 19.2 Å². The molecule has 1 rings (SSSR count). The van der Waals surface area contributed by atoms with Gasteiger partial charge in [-0.15, -0.1) is 11.6 Å². The number of carbonyl (C=O) groups is 1. The summed E-state index contributed by atoms with van der Waals surface area (Å²) in [5.74, 6) is -0.0158. The van der Waals surface area contributed by atoms with E-state index in [0.717, 1.165) is 16.7 Å². The van der Waals surface area contributed by atoms with E-state index in [9.17, 15) is 4.79 Å². The zero-order chi connectivity index (χ0) is 12.1. The van der Waals surface area contributed by atoms with Crippen LogP contribution in [0.2, 0.25) is 0 Å². The third-order valence-electron chi connectivity index (χ3n) is 2.37. The molecular weight excluding hydrogens is 226 g/mol. The lowest BCUT2D eigenvalue weighted by Gasteiger charge is -2.08. The normalized spacial score (nSPS) is 9.62. The highest BCUT2D eigenvalue weighted by atomic mass is 35.5. The van der Waals surface area contributed by atoms with Gasteiger partial charge in [-0.1, -0.05) is 6.07 Å². The highest BCUT2D eigenvalue weighted by Gasteiger charge is 2.10. The fraction of sp³-hybridized carbons (Fsp3) is 0.333. The van der Waals surface area contributed by atoms with E-state index in [4.69, 9.17) is 16.9 Å². The van der Waals surface area contributed by atoms with E-state index < -0.39 is 0 Å². The van der Waals surface area contributed by atoms with Gasteiger partial charge in [-0.2, -0.15) is 5.26 Å². The van der Waals surface area contributed by atoms with Gasteiger partial charge in [-0.25, -0.2) is 0 Å². The van der Waals surface area contributed by atoms with Crippen LogP contribution in [0.1, 0.15) is 22.3 Å². The maximum atomic E-state index is 11.2. The smallest absolute Gasteiger partial charge is 0.309 e. The van der Waals surface area contributed by atoms with Crippen molar-refractivity contribution in [1.29, 1.82) is 5.26 Å². The molecule has 4 heteroatoms. The molecule has 0 aromatic heterocycles. The Labute approximate surface area is 99.6 Å². The van der Waals surface area contributed by atoms with Gasteiger partial charge in [-0.3, -0.25) is 4.79 Å². The Hall–Kier alpha value is -1.53. The molecule has 1 aromatic carbocycles. The van der Waals surface area contributed by atoms with Crippen LogP contribution in [0.15, 0.2) is 12.1 Å². The maximum absolute atomic E-state index is 11.2. The molecular formula is C12H12ClNO2. The van der Waals surface area contributed by atoms with Gasteiger partial charge in [0.1, 0.15) is 0 Å². The lowest BCUT2D eigenvalue weighted by molar-refractivity contribution is -0.139. The molecule has 0 unspecified atom stereocenters. The summed E-state index contributed by atoms with van der Waals surface area (Å²) in [5.41, 5.74) is 3.05. The molecule has 0 atom stereocenters. The number of nitriles is 1.